The summed E-state index contributed by atoms with van der Waals surface area (Å²) >= 11 is 12.0. The van der Waals surface area contributed by atoms with Crippen LogP contribution in [0.3, 0.4) is 0 Å². The van der Waals surface area contributed by atoms with Crippen LogP contribution in [0.1, 0.15) is 5.56 Å². The number of nitrogen functional groups attached to an aromatic ring is 2. The predicted molar refractivity (Wildman–Crippen MR) is 80.9 cm³/mol. The molecule has 0 fully saturated rings. The standard InChI is InChI=1S/C11H8BCl2N5O2/c13-6-2-1-4(8(14)7(6)12(20)21)9-5(3-15)10(16)19-11(17)18-9/h1-2,20-21H,(H4,16,17,18,19). The van der Waals surface area contributed by atoms with Gasteiger partial charge in [-0.2, -0.15) is 10.2 Å². The van der Waals surface area contributed by atoms with Gasteiger partial charge in [0.1, 0.15) is 17.5 Å². The van der Waals surface area contributed by atoms with Gasteiger partial charge >= 0.3 is 7.12 Å². The molecule has 2 rings (SSSR count). The monoisotopic (exact) mass is 323 g/mol. The highest BCUT2D eigenvalue weighted by Gasteiger charge is 2.24. The van der Waals surface area contributed by atoms with E-state index in [0.717, 1.165) is 0 Å². The smallest absolute Gasteiger partial charge is 0.423 e. The third kappa shape index (κ3) is 2.72. The van der Waals surface area contributed by atoms with E-state index < -0.39 is 7.12 Å². The van der Waals surface area contributed by atoms with Gasteiger partial charge in [0.25, 0.3) is 0 Å². The fourth-order valence-electron chi connectivity index (χ4n) is 1.79. The zero-order valence-corrected chi connectivity index (χ0v) is 11.9. The highest BCUT2D eigenvalue weighted by molar-refractivity contribution is 6.67. The second-order valence-corrected chi connectivity index (χ2v) is 4.78. The minimum Gasteiger partial charge on any atom is -0.423 e. The average Bonchev–Trinajstić information content (AvgIpc) is 2.37. The topological polar surface area (TPSA) is 142 Å². The summed E-state index contributed by atoms with van der Waals surface area (Å²) in [5.74, 6) is -0.240. The third-order valence-electron chi connectivity index (χ3n) is 2.71. The first-order chi connectivity index (χ1) is 9.86. The number of benzene rings is 1. The number of anilines is 2. The van der Waals surface area contributed by atoms with Gasteiger partial charge in [0.15, 0.2) is 0 Å². The zero-order valence-electron chi connectivity index (χ0n) is 10.4. The Kier molecular flexibility index (Phi) is 4.20. The van der Waals surface area contributed by atoms with Crippen LogP contribution in [0.4, 0.5) is 11.8 Å². The molecule has 0 aliphatic rings. The minimum absolute atomic E-state index is 0.0215. The van der Waals surface area contributed by atoms with Gasteiger partial charge in [-0.1, -0.05) is 23.2 Å². The lowest BCUT2D eigenvalue weighted by Crippen LogP contribution is -2.32. The minimum atomic E-state index is -1.88. The fraction of sp³-hybridized carbons (Fsp3) is 0. The van der Waals surface area contributed by atoms with Crippen molar-refractivity contribution in [3.05, 3.63) is 27.7 Å². The second kappa shape index (κ2) is 5.75. The second-order valence-electron chi connectivity index (χ2n) is 4.00. The number of nitriles is 1. The first-order valence-corrected chi connectivity index (χ1v) is 6.30. The molecule has 0 atom stereocenters. The molecular weight excluding hydrogens is 316 g/mol. The molecule has 0 saturated heterocycles. The van der Waals surface area contributed by atoms with Crippen LogP contribution in [0.15, 0.2) is 12.1 Å². The number of hydrogen-bond donors (Lipinski definition) is 4. The molecule has 0 bridgehead atoms. The van der Waals surface area contributed by atoms with Gasteiger partial charge in [0.2, 0.25) is 5.95 Å². The molecule has 1 heterocycles. The van der Waals surface area contributed by atoms with E-state index >= 15 is 0 Å². The lowest BCUT2D eigenvalue weighted by atomic mass is 9.79. The highest BCUT2D eigenvalue weighted by atomic mass is 35.5. The Morgan fingerprint density at radius 2 is 1.86 bits per heavy atom. The maximum absolute atomic E-state index is 9.33. The molecule has 1 aromatic carbocycles. The van der Waals surface area contributed by atoms with E-state index in [9.17, 15) is 10.0 Å². The molecule has 6 N–H and O–H groups in total. The molecule has 0 radical (unpaired) electrons. The quantitative estimate of drug-likeness (QED) is 0.577. The summed E-state index contributed by atoms with van der Waals surface area (Å²) in [4.78, 5) is 7.63. The molecule has 7 nitrogen and oxygen atoms in total. The number of rotatable bonds is 2. The van der Waals surface area contributed by atoms with Gasteiger partial charge in [-0.05, 0) is 12.1 Å². The van der Waals surface area contributed by atoms with Crippen molar-refractivity contribution in [2.24, 2.45) is 0 Å². The van der Waals surface area contributed by atoms with Crippen LogP contribution in [0.2, 0.25) is 10.0 Å². The van der Waals surface area contributed by atoms with Gasteiger partial charge in [-0.15, -0.1) is 0 Å². The largest absolute Gasteiger partial charge is 0.491 e. The van der Waals surface area contributed by atoms with Crippen molar-refractivity contribution in [1.29, 1.82) is 5.26 Å². The molecular formula is C11H8BCl2N5O2. The Hall–Kier alpha value is -2.05. The molecule has 0 saturated carbocycles. The van der Waals surface area contributed by atoms with E-state index in [1.54, 1.807) is 0 Å². The predicted octanol–water partition coefficient (Wildman–Crippen LogP) is 0.166. The summed E-state index contributed by atoms with van der Waals surface area (Å²) in [7, 11) is -1.88. The van der Waals surface area contributed by atoms with Crippen molar-refractivity contribution in [3.8, 4) is 17.3 Å². The van der Waals surface area contributed by atoms with Crippen LogP contribution >= 0.6 is 23.2 Å². The summed E-state index contributed by atoms with van der Waals surface area (Å²) in [6, 6.07) is 4.72. The lowest BCUT2D eigenvalue weighted by Gasteiger charge is -2.12. The molecule has 0 unspecified atom stereocenters. The van der Waals surface area contributed by atoms with Gasteiger partial charge in [-0.3, -0.25) is 0 Å². The molecule has 21 heavy (non-hydrogen) atoms. The Morgan fingerprint density at radius 3 is 2.43 bits per heavy atom. The average molecular weight is 324 g/mol. The maximum atomic E-state index is 9.33. The Bertz CT molecular complexity index is 763. The van der Waals surface area contributed by atoms with Crippen LogP contribution in [-0.4, -0.2) is 27.1 Å². The number of halogens is 2. The van der Waals surface area contributed by atoms with Crippen molar-refractivity contribution in [2.45, 2.75) is 0 Å². The van der Waals surface area contributed by atoms with Gasteiger partial charge in [0, 0.05) is 16.0 Å². The number of aromatic nitrogens is 2. The highest BCUT2D eigenvalue weighted by Crippen LogP contribution is 2.32. The Labute approximate surface area is 129 Å². The summed E-state index contributed by atoms with van der Waals surface area (Å²) in [6.07, 6.45) is 0. The van der Waals surface area contributed by atoms with Crippen molar-refractivity contribution in [3.63, 3.8) is 0 Å². The molecule has 1 aromatic heterocycles. The van der Waals surface area contributed by atoms with E-state index in [1.165, 1.54) is 12.1 Å². The fourth-order valence-corrected chi connectivity index (χ4v) is 2.45. The van der Waals surface area contributed by atoms with Crippen LogP contribution in [0.5, 0.6) is 0 Å². The Balaban J connectivity index is 2.81. The van der Waals surface area contributed by atoms with Crippen LogP contribution in [0, 0.1) is 11.3 Å². The van der Waals surface area contributed by atoms with Crippen LogP contribution in [-0.2, 0) is 0 Å². The van der Waals surface area contributed by atoms with Gasteiger partial charge in [0.05, 0.1) is 10.7 Å². The van der Waals surface area contributed by atoms with E-state index in [-0.39, 0.29) is 44.1 Å². The summed E-state index contributed by atoms with van der Waals surface area (Å²) in [5, 5.41) is 27.8. The Morgan fingerprint density at radius 1 is 1.19 bits per heavy atom. The van der Waals surface area contributed by atoms with Crippen molar-refractivity contribution in [1.82, 2.24) is 9.97 Å². The number of hydrogen-bond acceptors (Lipinski definition) is 7. The van der Waals surface area contributed by atoms with E-state index in [4.69, 9.17) is 39.9 Å². The third-order valence-corrected chi connectivity index (χ3v) is 3.44. The first kappa shape index (κ1) is 15.3. The molecule has 0 aliphatic carbocycles. The summed E-state index contributed by atoms with van der Waals surface area (Å²) in [5.41, 5.74) is 11.3. The zero-order chi connectivity index (χ0) is 15.7. The normalized spacial score (nSPS) is 10.2. The number of nitrogens with zero attached hydrogens (tertiary/aromatic N) is 3. The van der Waals surface area contributed by atoms with E-state index in [0.29, 0.717) is 0 Å². The summed E-state index contributed by atoms with van der Waals surface area (Å²) < 4.78 is 0. The maximum Gasteiger partial charge on any atom is 0.491 e. The van der Waals surface area contributed by atoms with Crippen LogP contribution in [0.25, 0.3) is 11.3 Å². The van der Waals surface area contributed by atoms with E-state index in [2.05, 4.69) is 9.97 Å². The van der Waals surface area contributed by atoms with Crippen LogP contribution < -0.4 is 16.9 Å². The molecule has 0 aliphatic heterocycles. The van der Waals surface area contributed by atoms with Gasteiger partial charge in [-0.25, -0.2) is 4.98 Å². The number of nitrogens with two attached hydrogens (primary N) is 2. The molecule has 0 amide bonds. The molecule has 106 valence electrons. The van der Waals surface area contributed by atoms with Crippen molar-refractivity contribution < 1.29 is 10.0 Å². The molecule has 10 heteroatoms. The molecule has 0 spiro atoms. The first-order valence-electron chi connectivity index (χ1n) is 5.54. The molecule has 2 aromatic rings. The lowest BCUT2D eigenvalue weighted by molar-refractivity contribution is 0.426. The van der Waals surface area contributed by atoms with Crippen molar-refractivity contribution in [2.75, 3.05) is 11.5 Å². The van der Waals surface area contributed by atoms with Crippen molar-refractivity contribution >= 4 is 47.5 Å². The van der Waals surface area contributed by atoms with E-state index in [1.807, 2.05) is 6.07 Å². The van der Waals surface area contributed by atoms with Gasteiger partial charge < -0.3 is 21.5 Å². The SMILES string of the molecule is N#Cc1c(N)nc(N)nc1-c1ccc(Cl)c(B(O)O)c1Cl. The summed E-state index contributed by atoms with van der Waals surface area (Å²) in [6.45, 7) is 0.